The number of hydrogen-bond acceptors (Lipinski definition) is 6. The minimum atomic E-state index is -0.812. The molecule has 0 saturated heterocycles. The molecule has 11 heteroatoms. The molecular weight excluding hydrogens is 363 g/mol. The van der Waals surface area contributed by atoms with Crippen LogP contribution in [0.15, 0.2) is 36.4 Å². The number of nitrogens with one attached hydrogen (secondary N) is 2. The van der Waals surface area contributed by atoms with Crippen LogP contribution in [-0.4, -0.2) is 15.8 Å². The summed E-state index contributed by atoms with van der Waals surface area (Å²) in [7, 11) is 0. The van der Waals surface area contributed by atoms with E-state index >= 15 is 0 Å². The van der Waals surface area contributed by atoms with Crippen LogP contribution in [0, 0.1) is 20.2 Å². The van der Waals surface area contributed by atoms with Crippen molar-refractivity contribution in [3.63, 3.8) is 0 Å². The topological polar surface area (TPSA) is 127 Å². The van der Waals surface area contributed by atoms with Gasteiger partial charge in [0.2, 0.25) is 0 Å². The Labute approximate surface area is 144 Å². The van der Waals surface area contributed by atoms with E-state index in [4.69, 9.17) is 23.2 Å². The van der Waals surface area contributed by atoms with E-state index < -0.39 is 27.1 Å². The van der Waals surface area contributed by atoms with Crippen LogP contribution in [0.5, 0.6) is 0 Å². The van der Waals surface area contributed by atoms with Crippen LogP contribution in [-0.2, 0) is 0 Å². The fourth-order valence-corrected chi connectivity index (χ4v) is 2.13. The van der Waals surface area contributed by atoms with Crippen molar-refractivity contribution >= 4 is 46.2 Å². The van der Waals surface area contributed by atoms with Gasteiger partial charge in [0.15, 0.2) is 0 Å². The summed E-state index contributed by atoms with van der Waals surface area (Å²) < 4.78 is 0. The highest BCUT2D eigenvalue weighted by atomic mass is 35.5. The van der Waals surface area contributed by atoms with E-state index in [9.17, 15) is 25.0 Å². The van der Waals surface area contributed by atoms with Gasteiger partial charge in [-0.1, -0.05) is 23.2 Å². The molecule has 2 rings (SSSR count). The smallest absolute Gasteiger partial charge is 0.292 e. The number of carbonyl (C=O) groups excluding carboxylic acids is 1. The number of nitro groups is 2. The Hall–Kier alpha value is -2.91. The molecule has 2 aromatic carbocycles. The van der Waals surface area contributed by atoms with Crippen molar-refractivity contribution < 1.29 is 14.6 Å². The Balaban J connectivity index is 2.22. The zero-order valence-corrected chi connectivity index (χ0v) is 13.2. The summed E-state index contributed by atoms with van der Waals surface area (Å²) in [5.41, 5.74) is 3.47. The molecule has 0 fully saturated rings. The lowest BCUT2D eigenvalue weighted by Gasteiger charge is -2.10. The van der Waals surface area contributed by atoms with Gasteiger partial charge in [-0.25, -0.2) is 0 Å². The molecule has 0 bridgehead atoms. The molecule has 2 aromatic rings. The molecular formula is C13H8Cl2N4O5. The Morgan fingerprint density at radius 2 is 1.71 bits per heavy atom. The molecule has 0 aliphatic heterocycles. The molecule has 24 heavy (non-hydrogen) atoms. The van der Waals surface area contributed by atoms with Crippen molar-refractivity contribution in [1.82, 2.24) is 5.43 Å². The van der Waals surface area contributed by atoms with Crippen LogP contribution in [0.2, 0.25) is 10.0 Å². The fraction of sp³-hybridized carbons (Fsp3) is 0. The molecule has 1 amide bonds. The second kappa shape index (κ2) is 7.11. The summed E-state index contributed by atoms with van der Waals surface area (Å²) in [6.07, 6.45) is 0. The van der Waals surface area contributed by atoms with Crippen LogP contribution < -0.4 is 10.9 Å². The molecule has 0 aromatic heterocycles. The molecule has 0 aliphatic carbocycles. The predicted octanol–water partition coefficient (Wildman–Crippen LogP) is 3.57. The SMILES string of the molecule is O=C(NNc1ccc([N+](=O)[O-])cc1[N+](=O)[O-])c1cc(Cl)ccc1Cl. The van der Waals surface area contributed by atoms with E-state index in [1.165, 1.54) is 18.2 Å². The summed E-state index contributed by atoms with van der Waals surface area (Å²) in [5.74, 6) is -0.685. The van der Waals surface area contributed by atoms with E-state index in [0.29, 0.717) is 0 Å². The summed E-state index contributed by atoms with van der Waals surface area (Å²) in [6, 6.07) is 7.19. The van der Waals surface area contributed by atoms with E-state index in [-0.39, 0.29) is 21.3 Å². The average molecular weight is 371 g/mol. The second-order valence-electron chi connectivity index (χ2n) is 4.42. The van der Waals surface area contributed by atoms with E-state index in [1.807, 2.05) is 0 Å². The fourth-order valence-electron chi connectivity index (χ4n) is 1.75. The number of anilines is 1. The third kappa shape index (κ3) is 3.89. The van der Waals surface area contributed by atoms with Gasteiger partial charge in [-0.2, -0.15) is 0 Å². The molecule has 0 aliphatic rings. The van der Waals surface area contributed by atoms with Crippen LogP contribution in [0.4, 0.5) is 17.1 Å². The quantitative estimate of drug-likeness (QED) is 0.611. The van der Waals surface area contributed by atoms with E-state index in [0.717, 1.165) is 18.2 Å². The average Bonchev–Trinajstić information content (AvgIpc) is 2.54. The van der Waals surface area contributed by atoms with Gasteiger partial charge in [0, 0.05) is 11.1 Å². The predicted molar refractivity (Wildman–Crippen MR) is 87.3 cm³/mol. The van der Waals surface area contributed by atoms with E-state index in [2.05, 4.69) is 10.9 Å². The van der Waals surface area contributed by atoms with Gasteiger partial charge in [-0.3, -0.25) is 35.9 Å². The molecule has 0 spiro atoms. The highest BCUT2D eigenvalue weighted by molar-refractivity contribution is 6.35. The number of rotatable bonds is 5. The van der Waals surface area contributed by atoms with Gasteiger partial charge in [0.25, 0.3) is 11.6 Å². The number of amides is 1. The first kappa shape index (κ1) is 17.4. The summed E-state index contributed by atoms with van der Waals surface area (Å²) in [4.78, 5) is 32.2. The molecule has 0 atom stereocenters. The number of non-ortho nitro benzene ring substituents is 1. The number of hydrazine groups is 1. The van der Waals surface area contributed by atoms with Crippen LogP contribution in [0.25, 0.3) is 0 Å². The lowest BCUT2D eigenvalue weighted by molar-refractivity contribution is -0.393. The summed E-state index contributed by atoms with van der Waals surface area (Å²) in [5, 5.41) is 22.1. The van der Waals surface area contributed by atoms with Gasteiger partial charge >= 0.3 is 5.69 Å². The zero-order valence-electron chi connectivity index (χ0n) is 11.7. The molecule has 9 nitrogen and oxygen atoms in total. The maximum absolute atomic E-state index is 12.1. The largest absolute Gasteiger partial charge is 0.300 e. The highest BCUT2D eigenvalue weighted by Crippen LogP contribution is 2.28. The van der Waals surface area contributed by atoms with Crippen LogP contribution >= 0.6 is 23.2 Å². The number of hydrogen-bond donors (Lipinski definition) is 2. The van der Waals surface area contributed by atoms with E-state index in [1.54, 1.807) is 0 Å². The number of nitrogens with zero attached hydrogens (tertiary/aromatic N) is 2. The van der Waals surface area contributed by atoms with Crippen molar-refractivity contribution in [3.8, 4) is 0 Å². The number of benzene rings is 2. The van der Waals surface area contributed by atoms with Gasteiger partial charge in [-0.15, -0.1) is 0 Å². The summed E-state index contributed by atoms with van der Waals surface area (Å²) in [6.45, 7) is 0. The van der Waals surface area contributed by atoms with Crippen molar-refractivity contribution in [2.75, 3.05) is 5.43 Å². The monoisotopic (exact) mass is 370 g/mol. The highest BCUT2D eigenvalue weighted by Gasteiger charge is 2.20. The first-order valence-corrected chi connectivity index (χ1v) is 6.99. The van der Waals surface area contributed by atoms with Crippen molar-refractivity contribution in [2.45, 2.75) is 0 Å². The Morgan fingerprint density at radius 3 is 2.33 bits per heavy atom. The first-order valence-electron chi connectivity index (χ1n) is 6.24. The Bertz CT molecular complexity index is 843. The number of halogens is 2. The lowest BCUT2D eigenvalue weighted by atomic mass is 10.2. The third-order valence-corrected chi connectivity index (χ3v) is 3.44. The number of nitro benzene ring substituents is 2. The van der Waals surface area contributed by atoms with Crippen molar-refractivity contribution in [3.05, 3.63) is 72.2 Å². The first-order chi connectivity index (χ1) is 11.3. The standard InChI is InChI=1S/C13H8Cl2N4O5/c14-7-1-3-10(15)9(5-7)13(20)17-16-11-4-2-8(18(21)22)6-12(11)19(23)24/h1-6,16H,(H,17,20). The second-order valence-corrected chi connectivity index (χ2v) is 5.26. The normalized spacial score (nSPS) is 10.1. The molecule has 2 N–H and O–H groups in total. The Kier molecular flexibility index (Phi) is 5.17. The van der Waals surface area contributed by atoms with Gasteiger partial charge < -0.3 is 0 Å². The van der Waals surface area contributed by atoms with Crippen LogP contribution in [0.3, 0.4) is 0 Å². The minimum absolute atomic E-state index is 0.0567. The molecule has 0 radical (unpaired) electrons. The molecule has 0 unspecified atom stereocenters. The van der Waals surface area contributed by atoms with Crippen molar-refractivity contribution in [1.29, 1.82) is 0 Å². The van der Waals surface area contributed by atoms with Gasteiger partial charge in [0.05, 0.1) is 26.5 Å². The summed E-state index contributed by atoms with van der Waals surface area (Å²) >= 11 is 11.7. The lowest BCUT2D eigenvalue weighted by Crippen LogP contribution is -2.30. The maximum atomic E-state index is 12.1. The molecule has 0 saturated carbocycles. The maximum Gasteiger partial charge on any atom is 0.300 e. The third-order valence-electron chi connectivity index (χ3n) is 2.87. The minimum Gasteiger partial charge on any atom is -0.292 e. The van der Waals surface area contributed by atoms with Gasteiger partial charge in [-0.05, 0) is 24.3 Å². The Morgan fingerprint density at radius 1 is 1.00 bits per heavy atom. The molecule has 124 valence electrons. The van der Waals surface area contributed by atoms with Gasteiger partial charge in [0.1, 0.15) is 5.69 Å². The van der Waals surface area contributed by atoms with Crippen molar-refractivity contribution in [2.24, 2.45) is 0 Å². The molecule has 0 heterocycles. The van der Waals surface area contributed by atoms with Crippen LogP contribution in [0.1, 0.15) is 10.4 Å². The number of carbonyl (C=O) groups is 1. The zero-order chi connectivity index (χ0) is 17.9.